The first kappa shape index (κ1) is 33.7. The van der Waals surface area contributed by atoms with Gasteiger partial charge in [0, 0.05) is 23.0 Å². The summed E-state index contributed by atoms with van der Waals surface area (Å²) in [5, 5.41) is 12.7. The van der Waals surface area contributed by atoms with Gasteiger partial charge in [-0.1, -0.05) is 118 Å². The van der Waals surface area contributed by atoms with Gasteiger partial charge in [0.2, 0.25) is 0 Å². The van der Waals surface area contributed by atoms with E-state index in [0.29, 0.717) is 15.7 Å². The SMILES string of the molecule is O=C(OCCSC1=CSC(=C2SC=CS2)S1)C(C(=O)OCCSC1=CSC(=C2SC=CS2)S1)=C1SC2=C(SCCS2)S1. The van der Waals surface area contributed by atoms with E-state index in [2.05, 4.69) is 32.4 Å². The number of thioether (sulfide) groups is 14. The first-order chi connectivity index (χ1) is 20.6. The quantitative estimate of drug-likeness (QED) is 0.0690. The standard InChI is InChI=1S/C24H18O4S14/c25-16(27-1-3-29-13-11-37-21(39-13)19-31-5-6-32-19)15(18-41-23-24(42-18)36-10-9-35-23)17(26)28-2-4-30-14-12-38-22(40-14)20-33-7-8-34-20/h5-8,11-12H,1-4,9-10H2. The third kappa shape index (κ3) is 9.22. The average molecular weight is 819 g/mol. The summed E-state index contributed by atoms with van der Waals surface area (Å²) in [4.78, 5) is 26.6. The van der Waals surface area contributed by atoms with E-state index in [0.717, 1.165) is 11.5 Å². The minimum atomic E-state index is -0.602. The van der Waals surface area contributed by atoms with Crippen LogP contribution in [0, 0.1) is 0 Å². The summed E-state index contributed by atoms with van der Waals surface area (Å²) in [7, 11) is 0. The molecule has 6 aliphatic heterocycles. The Hall–Kier alpha value is 1.76. The lowest BCUT2D eigenvalue weighted by atomic mass is 10.3. The average Bonchev–Trinajstić information content (AvgIpc) is 3.83. The van der Waals surface area contributed by atoms with Crippen molar-refractivity contribution in [2.75, 3.05) is 36.2 Å². The lowest BCUT2D eigenvalue weighted by Crippen LogP contribution is -2.21. The van der Waals surface area contributed by atoms with Gasteiger partial charge in [0.1, 0.15) is 13.2 Å². The first-order valence-electron chi connectivity index (χ1n) is 11.9. The topological polar surface area (TPSA) is 52.6 Å². The zero-order chi connectivity index (χ0) is 28.7. The molecule has 0 aromatic heterocycles. The molecule has 0 saturated carbocycles. The highest BCUT2D eigenvalue weighted by molar-refractivity contribution is 8.41. The van der Waals surface area contributed by atoms with Crippen molar-refractivity contribution in [2.24, 2.45) is 0 Å². The summed E-state index contributed by atoms with van der Waals surface area (Å²) in [6, 6.07) is 0. The van der Waals surface area contributed by atoms with Gasteiger partial charge in [0.25, 0.3) is 0 Å². The van der Waals surface area contributed by atoms with E-state index < -0.39 is 11.9 Å². The Balaban J connectivity index is 0.991. The van der Waals surface area contributed by atoms with Crippen LogP contribution in [0.2, 0.25) is 0 Å². The molecule has 0 radical (unpaired) electrons. The monoisotopic (exact) mass is 818 g/mol. The minimum Gasteiger partial charge on any atom is -0.461 e. The molecule has 0 spiro atoms. The molecule has 0 aromatic carbocycles. The van der Waals surface area contributed by atoms with Crippen LogP contribution >= 0.6 is 165 Å². The van der Waals surface area contributed by atoms with Gasteiger partial charge >= 0.3 is 11.9 Å². The highest BCUT2D eigenvalue weighted by atomic mass is 32.3. The highest BCUT2D eigenvalue weighted by Crippen LogP contribution is 2.60. The van der Waals surface area contributed by atoms with Crippen molar-refractivity contribution in [2.45, 2.75) is 0 Å². The molecule has 4 nitrogen and oxygen atoms in total. The molecule has 0 aromatic rings. The Kier molecular flexibility index (Phi) is 13.8. The molecular weight excluding hydrogens is 801 g/mol. The van der Waals surface area contributed by atoms with Gasteiger partial charge in [-0.05, 0) is 32.4 Å². The lowest BCUT2D eigenvalue weighted by Gasteiger charge is -2.11. The molecular formula is C24H18O4S14. The van der Waals surface area contributed by atoms with Crippen molar-refractivity contribution in [3.05, 3.63) is 76.2 Å². The Bertz CT molecular complexity index is 1270. The number of rotatable bonds is 10. The Morgan fingerprint density at radius 3 is 1.50 bits per heavy atom. The van der Waals surface area contributed by atoms with Crippen LogP contribution in [-0.2, 0) is 19.1 Å². The molecule has 0 unspecified atom stereocenters. The number of hydrogen-bond acceptors (Lipinski definition) is 18. The van der Waals surface area contributed by atoms with Crippen LogP contribution in [0.25, 0.3) is 0 Å². The van der Waals surface area contributed by atoms with Crippen LogP contribution in [0.5, 0.6) is 0 Å². The number of carbonyl (C=O) groups excluding carboxylic acids is 2. The van der Waals surface area contributed by atoms with Gasteiger partial charge in [-0.15, -0.1) is 47.0 Å². The fourth-order valence-electron chi connectivity index (χ4n) is 3.16. The molecule has 0 saturated heterocycles. The van der Waals surface area contributed by atoms with Crippen molar-refractivity contribution in [3.63, 3.8) is 0 Å². The van der Waals surface area contributed by atoms with Crippen molar-refractivity contribution < 1.29 is 19.1 Å². The maximum absolute atomic E-state index is 13.3. The van der Waals surface area contributed by atoms with E-state index in [-0.39, 0.29) is 18.8 Å². The molecule has 0 fully saturated rings. The van der Waals surface area contributed by atoms with Crippen LogP contribution in [0.1, 0.15) is 0 Å². The fourth-order valence-corrected chi connectivity index (χ4v) is 20.6. The van der Waals surface area contributed by atoms with Crippen molar-refractivity contribution in [1.29, 1.82) is 0 Å². The zero-order valence-electron chi connectivity index (χ0n) is 21.1. The molecule has 6 heterocycles. The molecule has 0 atom stereocenters. The maximum atomic E-state index is 13.3. The number of esters is 2. The van der Waals surface area contributed by atoms with E-state index in [1.165, 1.54) is 57.4 Å². The third-order valence-electron chi connectivity index (χ3n) is 4.88. The van der Waals surface area contributed by atoms with Crippen LogP contribution in [0.15, 0.2) is 76.2 Å². The normalized spacial score (nSPS) is 21.5. The van der Waals surface area contributed by atoms with Crippen molar-refractivity contribution in [1.82, 2.24) is 0 Å². The minimum absolute atomic E-state index is 0.0234. The number of carbonyl (C=O) groups is 2. The van der Waals surface area contributed by atoms with Crippen LogP contribution in [-0.4, -0.2) is 48.2 Å². The lowest BCUT2D eigenvalue weighted by molar-refractivity contribution is -0.146. The summed E-state index contributed by atoms with van der Waals surface area (Å²) < 4.78 is 21.9. The van der Waals surface area contributed by atoms with E-state index in [9.17, 15) is 9.59 Å². The van der Waals surface area contributed by atoms with Crippen LogP contribution in [0.4, 0.5) is 0 Å². The predicted molar refractivity (Wildman–Crippen MR) is 210 cm³/mol. The molecule has 0 aliphatic carbocycles. The fraction of sp³-hybridized carbons (Fsp3) is 0.250. The van der Waals surface area contributed by atoms with Gasteiger partial charge in [0.05, 0.1) is 38.1 Å². The van der Waals surface area contributed by atoms with Gasteiger partial charge in [-0.2, -0.15) is 0 Å². The Morgan fingerprint density at radius 2 is 1.05 bits per heavy atom. The van der Waals surface area contributed by atoms with Crippen LogP contribution < -0.4 is 0 Å². The van der Waals surface area contributed by atoms with Gasteiger partial charge in [0.15, 0.2) is 5.57 Å². The number of ether oxygens (including phenoxy) is 2. The summed E-state index contributed by atoms with van der Waals surface area (Å²) in [5.41, 5.74) is 0.0234. The highest BCUT2D eigenvalue weighted by Gasteiger charge is 2.34. The molecule has 6 aliphatic rings. The second kappa shape index (κ2) is 17.2. The molecule has 0 amide bonds. The van der Waals surface area contributed by atoms with E-state index in [1.807, 2.05) is 0 Å². The number of hydrogen-bond donors (Lipinski definition) is 0. The first-order valence-corrected chi connectivity index (χ1v) is 24.4. The van der Waals surface area contributed by atoms with Gasteiger partial charge in [-0.25, -0.2) is 9.59 Å². The molecule has 222 valence electrons. The summed E-state index contributed by atoms with van der Waals surface area (Å²) in [6.07, 6.45) is 0. The molecule has 0 N–H and O–H groups in total. The Labute approximate surface area is 304 Å². The van der Waals surface area contributed by atoms with Crippen molar-refractivity contribution in [3.8, 4) is 0 Å². The molecule has 42 heavy (non-hydrogen) atoms. The zero-order valence-corrected chi connectivity index (χ0v) is 32.5. The van der Waals surface area contributed by atoms with Crippen molar-refractivity contribution >= 4 is 177 Å². The summed E-state index contributed by atoms with van der Waals surface area (Å²) in [6.45, 7) is 0.448. The van der Waals surface area contributed by atoms with E-state index >= 15 is 0 Å². The summed E-state index contributed by atoms with van der Waals surface area (Å²) >= 11 is 23.9. The second-order valence-electron chi connectivity index (χ2n) is 7.59. The maximum Gasteiger partial charge on any atom is 0.347 e. The summed E-state index contributed by atoms with van der Waals surface area (Å²) in [5.74, 6) is 2.10. The molecule has 0 bridgehead atoms. The van der Waals surface area contributed by atoms with E-state index in [4.69, 9.17) is 9.47 Å². The smallest absolute Gasteiger partial charge is 0.347 e. The third-order valence-corrected chi connectivity index (χ3v) is 23.3. The molecule has 6 rings (SSSR count). The molecule has 18 heteroatoms. The largest absolute Gasteiger partial charge is 0.461 e. The van der Waals surface area contributed by atoms with Gasteiger partial charge in [-0.3, -0.25) is 0 Å². The second-order valence-corrected chi connectivity index (χ2v) is 24.0. The Morgan fingerprint density at radius 1 is 0.595 bits per heavy atom. The van der Waals surface area contributed by atoms with Gasteiger partial charge < -0.3 is 9.47 Å². The predicted octanol–water partition coefficient (Wildman–Crippen LogP) is 11.6. The van der Waals surface area contributed by atoms with E-state index in [1.54, 1.807) is 141 Å². The van der Waals surface area contributed by atoms with Crippen LogP contribution in [0.3, 0.4) is 0 Å².